The number of rotatable bonds is 6. The molecule has 0 aromatic heterocycles. The maximum atomic E-state index is 12.3. The van der Waals surface area contributed by atoms with Gasteiger partial charge in [0, 0.05) is 5.69 Å². The first-order valence-corrected chi connectivity index (χ1v) is 9.09. The third-order valence-electron chi connectivity index (χ3n) is 3.80. The largest absolute Gasteiger partial charge is 0.483 e. The number of carbonyl (C=O) groups excluding carboxylic acids is 2. The third-order valence-corrected chi connectivity index (χ3v) is 4.13. The van der Waals surface area contributed by atoms with Gasteiger partial charge < -0.3 is 14.8 Å². The fourth-order valence-corrected chi connectivity index (χ4v) is 2.72. The SMILES string of the molecule is CCOC(=O)c1cc(NC(=O)COc2ccccc2C(C)(C)C)ccc1Cl. The van der Waals surface area contributed by atoms with E-state index in [0.717, 1.165) is 5.56 Å². The van der Waals surface area contributed by atoms with Crippen LogP contribution < -0.4 is 10.1 Å². The molecule has 1 amide bonds. The molecule has 2 rings (SSSR count). The second-order valence-corrected chi connectivity index (χ2v) is 7.41. The van der Waals surface area contributed by atoms with Crippen molar-refractivity contribution in [2.45, 2.75) is 33.1 Å². The van der Waals surface area contributed by atoms with Crippen molar-refractivity contribution >= 4 is 29.2 Å². The standard InChI is InChI=1S/C21H24ClNO4/c1-5-26-20(25)15-12-14(10-11-17(15)22)23-19(24)13-27-18-9-7-6-8-16(18)21(2,3)4/h6-12H,5,13H2,1-4H3,(H,23,24). The smallest absolute Gasteiger partial charge is 0.339 e. The summed E-state index contributed by atoms with van der Waals surface area (Å²) in [6, 6.07) is 12.3. The first-order valence-electron chi connectivity index (χ1n) is 8.71. The monoisotopic (exact) mass is 389 g/mol. The number of halogens is 1. The van der Waals surface area contributed by atoms with Gasteiger partial charge in [0.2, 0.25) is 0 Å². The van der Waals surface area contributed by atoms with Gasteiger partial charge in [0.1, 0.15) is 5.75 Å². The Bertz CT molecular complexity index is 827. The number of amides is 1. The molecule has 0 bridgehead atoms. The second kappa shape index (κ2) is 8.91. The Kier molecular flexibility index (Phi) is 6.86. The summed E-state index contributed by atoms with van der Waals surface area (Å²) in [6.07, 6.45) is 0. The fourth-order valence-electron chi connectivity index (χ4n) is 2.52. The molecule has 0 unspecified atom stereocenters. The van der Waals surface area contributed by atoms with E-state index in [-0.39, 0.29) is 35.1 Å². The van der Waals surface area contributed by atoms with E-state index in [0.29, 0.717) is 11.4 Å². The Labute approximate surface area is 164 Å². The Morgan fingerprint density at radius 1 is 1.11 bits per heavy atom. The zero-order valence-corrected chi connectivity index (χ0v) is 16.7. The molecule has 1 N–H and O–H groups in total. The van der Waals surface area contributed by atoms with Crippen LogP contribution in [0.25, 0.3) is 0 Å². The average Bonchev–Trinajstić information content (AvgIpc) is 2.61. The summed E-state index contributed by atoms with van der Waals surface area (Å²) < 4.78 is 10.7. The van der Waals surface area contributed by atoms with Gasteiger partial charge in [0.25, 0.3) is 5.91 Å². The van der Waals surface area contributed by atoms with Crippen LogP contribution in [0.5, 0.6) is 5.75 Å². The number of anilines is 1. The molecule has 0 radical (unpaired) electrons. The zero-order chi connectivity index (χ0) is 20.0. The van der Waals surface area contributed by atoms with E-state index in [2.05, 4.69) is 26.1 Å². The van der Waals surface area contributed by atoms with E-state index in [4.69, 9.17) is 21.1 Å². The van der Waals surface area contributed by atoms with Crippen LogP contribution in [0.15, 0.2) is 42.5 Å². The van der Waals surface area contributed by atoms with Crippen molar-refractivity contribution < 1.29 is 19.1 Å². The first kappa shape index (κ1) is 20.8. The minimum Gasteiger partial charge on any atom is -0.483 e. The highest BCUT2D eigenvalue weighted by atomic mass is 35.5. The second-order valence-electron chi connectivity index (χ2n) is 7.00. The molecule has 144 valence electrons. The van der Waals surface area contributed by atoms with Gasteiger partial charge in [-0.1, -0.05) is 50.6 Å². The molecular formula is C21H24ClNO4. The topological polar surface area (TPSA) is 64.6 Å². The number of esters is 1. The van der Waals surface area contributed by atoms with Crippen LogP contribution in [0.1, 0.15) is 43.6 Å². The van der Waals surface area contributed by atoms with Gasteiger partial charge in [0.05, 0.1) is 17.2 Å². The van der Waals surface area contributed by atoms with Crippen LogP contribution in [0.4, 0.5) is 5.69 Å². The van der Waals surface area contributed by atoms with Crippen LogP contribution in [-0.2, 0) is 14.9 Å². The maximum absolute atomic E-state index is 12.3. The minimum atomic E-state index is -0.533. The van der Waals surface area contributed by atoms with Gasteiger partial charge in [-0.3, -0.25) is 4.79 Å². The molecule has 0 saturated heterocycles. The van der Waals surface area contributed by atoms with E-state index in [9.17, 15) is 9.59 Å². The maximum Gasteiger partial charge on any atom is 0.339 e. The van der Waals surface area contributed by atoms with Gasteiger partial charge in [-0.15, -0.1) is 0 Å². The lowest BCUT2D eigenvalue weighted by Gasteiger charge is -2.22. The average molecular weight is 390 g/mol. The molecule has 0 spiro atoms. The summed E-state index contributed by atoms with van der Waals surface area (Å²) in [7, 11) is 0. The number of carbonyl (C=O) groups is 2. The highest BCUT2D eigenvalue weighted by Crippen LogP contribution is 2.31. The molecule has 2 aromatic carbocycles. The molecule has 5 nitrogen and oxygen atoms in total. The molecule has 0 fully saturated rings. The summed E-state index contributed by atoms with van der Waals surface area (Å²) in [4.78, 5) is 24.2. The van der Waals surface area contributed by atoms with E-state index in [1.807, 2.05) is 24.3 Å². The van der Waals surface area contributed by atoms with Crippen molar-refractivity contribution in [2.24, 2.45) is 0 Å². The van der Waals surface area contributed by atoms with Crippen LogP contribution in [-0.4, -0.2) is 25.1 Å². The molecule has 0 atom stereocenters. The van der Waals surface area contributed by atoms with Crippen molar-refractivity contribution in [3.8, 4) is 5.75 Å². The third kappa shape index (κ3) is 5.73. The van der Waals surface area contributed by atoms with Crippen molar-refractivity contribution in [3.63, 3.8) is 0 Å². The lowest BCUT2D eigenvalue weighted by atomic mass is 9.86. The fraction of sp³-hybridized carbons (Fsp3) is 0.333. The van der Waals surface area contributed by atoms with Crippen LogP contribution in [0.3, 0.4) is 0 Å². The number of ether oxygens (including phenoxy) is 2. The Morgan fingerprint density at radius 2 is 1.81 bits per heavy atom. The van der Waals surface area contributed by atoms with Gasteiger partial charge in [0.15, 0.2) is 6.61 Å². The van der Waals surface area contributed by atoms with Crippen LogP contribution in [0, 0.1) is 0 Å². The zero-order valence-electron chi connectivity index (χ0n) is 16.0. The first-order chi connectivity index (χ1) is 12.7. The number of nitrogens with one attached hydrogen (secondary N) is 1. The van der Waals surface area contributed by atoms with Crippen molar-refractivity contribution in [1.29, 1.82) is 0 Å². The lowest BCUT2D eigenvalue weighted by molar-refractivity contribution is -0.118. The van der Waals surface area contributed by atoms with Crippen molar-refractivity contribution in [3.05, 3.63) is 58.6 Å². The quantitative estimate of drug-likeness (QED) is 0.718. The minimum absolute atomic E-state index is 0.0994. The number of para-hydroxylation sites is 1. The van der Waals surface area contributed by atoms with Gasteiger partial charge in [-0.25, -0.2) is 4.79 Å². The van der Waals surface area contributed by atoms with Gasteiger partial charge in [-0.2, -0.15) is 0 Å². The number of hydrogen-bond donors (Lipinski definition) is 1. The number of benzene rings is 2. The van der Waals surface area contributed by atoms with Gasteiger partial charge >= 0.3 is 5.97 Å². The molecule has 0 aliphatic heterocycles. The molecule has 0 aliphatic carbocycles. The Balaban J connectivity index is 2.05. The van der Waals surface area contributed by atoms with E-state index >= 15 is 0 Å². The van der Waals surface area contributed by atoms with Crippen molar-refractivity contribution in [1.82, 2.24) is 0 Å². The highest BCUT2D eigenvalue weighted by molar-refractivity contribution is 6.33. The van der Waals surface area contributed by atoms with Crippen LogP contribution >= 0.6 is 11.6 Å². The highest BCUT2D eigenvalue weighted by Gasteiger charge is 2.19. The predicted molar refractivity (Wildman–Crippen MR) is 107 cm³/mol. The summed E-state index contributed by atoms with van der Waals surface area (Å²) in [5, 5.41) is 2.97. The summed E-state index contributed by atoms with van der Waals surface area (Å²) >= 11 is 6.03. The van der Waals surface area contributed by atoms with E-state index in [1.54, 1.807) is 19.1 Å². The molecular weight excluding hydrogens is 366 g/mol. The Hall–Kier alpha value is -2.53. The summed E-state index contributed by atoms with van der Waals surface area (Å²) in [5.74, 6) is -0.201. The molecule has 0 heterocycles. The molecule has 0 aliphatic rings. The summed E-state index contributed by atoms with van der Waals surface area (Å²) in [5.41, 5.74) is 1.57. The van der Waals surface area contributed by atoms with E-state index < -0.39 is 5.97 Å². The van der Waals surface area contributed by atoms with Crippen LogP contribution in [0.2, 0.25) is 5.02 Å². The molecule has 2 aromatic rings. The van der Waals surface area contributed by atoms with Gasteiger partial charge in [-0.05, 0) is 42.2 Å². The van der Waals surface area contributed by atoms with E-state index in [1.165, 1.54) is 6.07 Å². The molecule has 6 heteroatoms. The number of hydrogen-bond acceptors (Lipinski definition) is 4. The molecule has 0 saturated carbocycles. The predicted octanol–water partition coefficient (Wildman–Crippen LogP) is 4.83. The lowest BCUT2D eigenvalue weighted by Crippen LogP contribution is -2.22. The molecule has 27 heavy (non-hydrogen) atoms. The Morgan fingerprint density at radius 3 is 2.48 bits per heavy atom. The summed E-state index contributed by atoms with van der Waals surface area (Å²) in [6.45, 7) is 8.06. The normalized spacial score (nSPS) is 11.0. The van der Waals surface area contributed by atoms with Crippen molar-refractivity contribution in [2.75, 3.05) is 18.5 Å².